The lowest BCUT2D eigenvalue weighted by Gasteiger charge is -2.05. The lowest BCUT2D eigenvalue weighted by atomic mass is 10.2. The highest BCUT2D eigenvalue weighted by Gasteiger charge is 2.18. The van der Waals surface area contributed by atoms with E-state index < -0.39 is 16.7 Å². The second-order valence-electron chi connectivity index (χ2n) is 4.45. The molecule has 0 saturated carbocycles. The van der Waals surface area contributed by atoms with Crippen LogP contribution < -0.4 is 5.56 Å². The maximum absolute atomic E-state index is 13.4. The van der Waals surface area contributed by atoms with Gasteiger partial charge in [-0.3, -0.25) is 4.79 Å². The summed E-state index contributed by atoms with van der Waals surface area (Å²) in [5.41, 5.74) is 1.30. The Morgan fingerprint density at radius 2 is 1.89 bits per heavy atom. The van der Waals surface area contributed by atoms with Crippen LogP contribution in [0.3, 0.4) is 0 Å². The number of halogens is 3. The molecule has 1 aromatic heterocycles. The molecule has 1 aliphatic carbocycles. The zero-order valence-corrected chi connectivity index (χ0v) is 10.5. The summed E-state index contributed by atoms with van der Waals surface area (Å²) in [7, 11) is 0. The zero-order valence-electron chi connectivity index (χ0n) is 9.77. The number of aromatic nitrogens is 2. The molecule has 0 unspecified atom stereocenters. The number of H-pyrrole nitrogens is 1. The number of nitrogens with zero attached hydrogens (tertiary/aromatic N) is 1. The van der Waals surface area contributed by atoms with Gasteiger partial charge in [0.05, 0.1) is 5.69 Å². The molecule has 0 radical (unpaired) electrons. The minimum atomic E-state index is -0.875. The Kier molecular flexibility index (Phi) is 2.86. The summed E-state index contributed by atoms with van der Waals surface area (Å²) < 4.78 is 26.8. The Labute approximate surface area is 112 Å². The van der Waals surface area contributed by atoms with Gasteiger partial charge in [0.15, 0.2) is 0 Å². The van der Waals surface area contributed by atoms with Crippen LogP contribution in [0.4, 0.5) is 8.78 Å². The molecule has 3 nitrogen and oxygen atoms in total. The Bertz CT molecular complexity index is 704. The summed E-state index contributed by atoms with van der Waals surface area (Å²) in [6.07, 6.45) is 2.28. The van der Waals surface area contributed by atoms with Crippen LogP contribution in [-0.2, 0) is 12.8 Å². The molecular weight excluding hydrogens is 274 g/mol. The Morgan fingerprint density at radius 1 is 1.21 bits per heavy atom. The van der Waals surface area contributed by atoms with Crippen LogP contribution in [0.2, 0.25) is 5.02 Å². The maximum atomic E-state index is 13.4. The minimum Gasteiger partial charge on any atom is -0.306 e. The predicted molar refractivity (Wildman–Crippen MR) is 67.2 cm³/mol. The molecule has 0 saturated heterocycles. The van der Waals surface area contributed by atoms with Gasteiger partial charge in [-0.1, -0.05) is 11.6 Å². The molecule has 0 amide bonds. The van der Waals surface area contributed by atoms with Gasteiger partial charge in [-0.05, 0) is 31.4 Å². The summed E-state index contributed by atoms with van der Waals surface area (Å²) in [6, 6.07) is 2.12. The van der Waals surface area contributed by atoms with Gasteiger partial charge < -0.3 is 4.98 Å². The third-order valence-electron chi connectivity index (χ3n) is 3.20. The number of aromatic amines is 1. The van der Waals surface area contributed by atoms with Crippen LogP contribution in [0.5, 0.6) is 0 Å². The molecule has 2 aromatic rings. The molecule has 0 bridgehead atoms. The average molecular weight is 283 g/mol. The Morgan fingerprint density at radius 3 is 2.58 bits per heavy atom. The quantitative estimate of drug-likeness (QED) is 0.818. The first-order valence-electron chi connectivity index (χ1n) is 5.83. The van der Waals surface area contributed by atoms with Crippen LogP contribution in [0.15, 0.2) is 16.9 Å². The van der Waals surface area contributed by atoms with Gasteiger partial charge in [-0.15, -0.1) is 0 Å². The SMILES string of the molecule is O=c1[nH]c(-c2cc(F)c(Cl)c(F)c2)nc2c1CCC2. The number of fused-ring (bicyclic) bond motifs is 1. The fourth-order valence-corrected chi connectivity index (χ4v) is 2.38. The normalized spacial score (nSPS) is 13.6. The molecule has 1 aromatic carbocycles. The van der Waals surface area contributed by atoms with Crippen LogP contribution in [0.25, 0.3) is 11.4 Å². The standard InChI is InChI=1S/C13H9ClF2N2O/c14-11-8(15)4-6(5-9(11)16)12-17-10-3-1-2-7(10)13(19)18-12/h4-5H,1-3H2,(H,17,18,19). The second kappa shape index (κ2) is 4.42. The maximum Gasteiger partial charge on any atom is 0.254 e. The smallest absolute Gasteiger partial charge is 0.254 e. The van der Waals surface area contributed by atoms with Crippen LogP contribution >= 0.6 is 11.6 Å². The van der Waals surface area contributed by atoms with Crippen molar-refractivity contribution < 1.29 is 8.78 Å². The zero-order chi connectivity index (χ0) is 13.6. The van der Waals surface area contributed by atoms with E-state index in [2.05, 4.69) is 9.97 Å². The molecule has 1 heterocycles. The molecule has 0 fully saturated rings. The highest BCUT2D eigenvalue weighted by Crippen LogP contribution is 2.26. The number of nitrogens with one attached hydrogen (secondary N) is 1. The van der Waals surface area contributed by atoms with Gasteiger partial charge in [0.1, 0.15) is 22.5 Å². The van der Waals surface area contributed by atoms with Crippen molar-refractivity contribution in [2.24, 2.45) is 0 Å². The monoisotopic (exact) mass is 282 g/mol. The number of aryl methyl sites for hydroxylation is 1. The van der Waals surface area contributed by atoms with Gasteiger partial charge in [0, 0.05) is 11.1 Å². The molecule has 1 N–H and O–H groups in total. The lowest BCUT2D eigenvalue weighted by molar-refractivity contribution is 0.584. The van der Waals surface area contributed by atoms with E-state index in [1.807, 2.05) is 0 Å². The van der Waals surface area contributed by atoms with E-state index in [0.717, 1.165) is 18.6 Å². The van der Waals surface area contributed by atoms with Gasteiger partial charge in [0.25, 0.3) is 5.56 Å². The lowest BCUT2D eigenvalue weighted by Crippen LogP contribution is -2.15. The van der Waals surface area contributed by atoms with Gasteiger partial charge >= 0.3 is 0 Å². The third kappa shape index (κ3) is 2.04. The van der Waals surface area contributed by atoms with Crippen molar-refractivity contribution in [2.45, 2.75) is 19.3 Å². The molecule has 0 aliphatic heterocycles. The first-order chi connectivity index (χ1) is 9.06. The van der Waals surface area contributed by atoms with Gasteiger partial charge in [0.2, 0.25) is 0 Å². The molecule has 0 atom stereocenters. The highest BCUT2D eigenvalue weighted by molar-refractivity contribution is 6.30. The average Bonchev–Trinajstić information content (AvgIpc) is 2.84. The van der Waals surface area contributed by atoms with Crippen molar-refractivity contribution in [1.82, 2.24) is 9.97 Å². The van der Waals surface area contributed by atoms with Crippen molar-refractivity contribution in [1.29, 1.82) is 0 Å². The van der Waals surface area contributed by atoms with Crippen LogP contribution in [-0.4, -0.2) is 9.97 Å². The van der Waals surface area contributed by atoms with E-state index in [1.54, 1.807) is 0 Å². The van der Waals surface area contributed by atoms with Crippen LogP contribution in [0.1, 0.15) is 17.7 Å². The fraction of sp³-hybridized carbons (Fsp3) is 0.231. The predicted octanol–water partition coefficient (Wildman–Crippen LogP) is 2.86. The fourth-order valence-electron chi connectivity index (χ4n) is 2.27. The molecular formula is C13H9ClF2N2O. The first-order valence-corrected chi connectivity index (χ1v) is 6.21. The van der Waals surface area contributed by atoms with E-state index in [4.69, 9.17) is 11.6 Å². The molecule has 0 spiro atoms. The van der Waals surface area contributed by atoms with E-state index in [-0.39, 0.29) is 16.9 Å². The summed E-state index contributed by atoms with van der Waals surface area (Å²) in [6.45, 7) is 0. The van der Waals surface area contributed by atoms with E-state index in [1.165, 1.54) is 0 Å². The second-order valence-corrected chi connectivity index (χ2v) is 4.83. The van der Waals surface area contributed by atoms with Gasteiger partial charge in [-0.25, -0.2) is 13.8 Å². The van der Waals surface area contributed by atoms with Crippen LogP contribution in [0, 0.1) is 11.6 Å². The summed E-state index contributed by atoms with van der Waals surface area (Å²) in [5, 5.41) is -0.563. The van der Waals surface area contributed by atoms with E-state index >= 15 is 0 Å². The molecule has 6 heteroatoms. The summed E-state index contributed by atoms with van der Waals surface area (Å²) in [4.78, 5) is 18.7. The van der Waals surface area contributed by atoms with Crippen molar-refractivity contribution >= 4 is 11.6 Å². The number of hydrogen-bond acceptors (Lipinski definition) is 2. The summed E-state index contributed by atoms with van der Waals surface area (Å²) >= 11 is 5.42. The Hall–Kier alpha value is -1.75. The van der Waals surface area contributed by atoms with E-state index in [0.29, 0.717) is 24.1 Å². The number of benzene rings is 1. The Balaban J connectivity index is 2.18. The summed E-state index contributed by atoms with van der Waals surface area (Å²) in [5.74, 6) is -1.58. The first kappa shape index (κ1) is 12.3. The molecule has 1 aliphatic rings. The van der Waals surface area contributed by atoms with Crippen molar-refractivity contribution in [3.05, 3.63) is 50.4 Å². The number of hydrogen-bond donors (Lipinski definition) is 1. The van der Waals surface area contributed by atoms with Crippen molar-refractivity contribution in [3.8, 4) is 11.4 Å². The third-order valence-corrected chi connectivity index (χ3v) is 3.56. The van der Waals surface area contributed by atoms with Crippen molar-refractivity contribution in [2.75, 3.05) is 0 Å². The van der Waals surface area contributed by atoms with Gasteiger partial charge in [-0.2, -0.15) is 0 Å². The largest absolute Gasteiger partial charge is 0.306 e. The minimum absolute atomic E-state index is 0.167. The highest BCUT2D eigenvalue weighted by atomic mass is 35.5. The van der Waals surface area contributed by atoms with Crippen molar-refractivity contribution in [3.63, 3.8) is 0 Å². The molecule has 98 valence electrons. The molecule has 19 heavy (non-hydrogen) atoms. The topological polar surface area (TPSA) is 45.8 Å². The number of rotatable bonds is 1. The molecule has 3 rings (SSSR count). The van der Waals surface area contributed by atoms with E-state index in [9.17, 15) is 13.6 Å².